The molecule has 3 N–H and O–H groups in total. The molecule has 9 heteroatoms. The standard InChI is InChI=1S/C22H28ClN3O5/c1-4-12(11-27)26-17(19(29)25-14-8-6-5-7-13(14)23)22-10-9-21(2,31-22)15(18(28)24-3)16(22)20(26)30/h5-8,12,15-17,27H,4,9-11H2,1-3H3,(H,24,28)(H,25,29)/t12-,15-,16-,17?,21+,22?/m0/s1. The van der Waals surface area contributed by atoms with Crippen LogP contribution in [0.2, 0.25) is 5.02 Å². The lowest BCUT2D eigenvalue weighted by molar-refractivity contribution is -0.147. The van der Waals surface area contributed by atoms with Crippen molar-refractivity contribution in [2.24, 2.45) is 11.8 Å². The van der Waals surface area contributed by atoms with Gasteiger partial charge in [0.25, 0.3) is 0 Å². The largest absolute Gasteiger partial charge is 0.394 e. The summed E-state index contributed by atoms with van der Waals surface area (Å²) in [6.07, 6.45) is 1.50. The van der Waals surface area contributed by atoms with Crippen LogP contribution < -0.4 is 10.6 Å². The third-order valence-electron chi connectivity index (χ3n) is 7.20. The van der Waals surface area contributed by atoms with Gasteiger partial charge in [0.2, 0.25) is 17.7 Å². The normalized spacial score (nSPS) is 34.5. The number of aliphatic hydroxyl groups is 1. The fraction of sp³-hybridized carbons (Fsp3) is 0.591. The first-order chi connectivity index (χ1) is 14.7. The third-order valence-corrected chi connectivity index (χ3v) is 7.53. The zero-order valence-corrected chi connectivity index (χ0v) is 18.6. The molecular weight excluding hydrogens is 422 g/mol. The molecule has 3 fully saturated rings. The van der Waals surface area contributed by atoms with Crippen LogP contribution in [0.15, 0.2) is 24.3 Å². The Bertz CT molecular complexity index is 922. The molecule has 1 spiro atoms. The number of fused-ring (bicyclic) bond motifs is 1. The van der Waals surface area contributed by atoms with Gasteiger partial charge in [-0.25, -0.2) is 0 Å². The van der Waals surface area contributed by atoms with E-state index in [0.29, 0.717) is 30.0 Å². The lowest BCUT2D eigenvalue weighted by Crippen LogP contribution is -2.56. The van der Waals surface area contributed by atoms with E-state index in [-0.39, 0.29) is 18.4 Å². The molecule has 3 aliphatic heterocycles. The molecule has 6 atom stereocenters. The van der Waals surface area contributed by atoms with Crippen LogP contribution in [-0.4, -0.2) is 64.7 Å². The summed E-state index contributed by atoms with van der Waals surface area (Å²) in [5, 5.41) is 15.8. The summed E-state index contributed by atoms with van der Waals surface area (Å²) in [6, 6.07) is 5.32. The number of nitrogens with zero attached hydrogens (tertiary/aromatic N) is 1. The first-order valence-corrected chi connectivity index (χ1v) is 11.0. The quantitative estimate of drug-likeness (QED) is 0.610. The van der Waals surface area contributed by atoms with Crippen LogP contribution in [0, 0.1) is 11.8 Å². The predicted molar refractivity (Wildman–Crippen MR) is 114 cm³/mol. The molecule has 4 rings (SSSR count). The number of benzene rings is 1. The summed E-state index contributed by atoms with van der Waals surface area (Å²) in [5.74, 6) is -2.51. The zero-order valence-electron chi connectivity index (χ0n) is 17.9. The molecule has 3 amide bonds. The van der Waals surface area contributed by atoms with E-state index in [4.69, 9.17) is 16.3 Å². The van der Waals surface area contributed by atoms with E-state index in [1.165, 1.54) is 11.9 Å². The molecule has 1 aromatic carbocycles. The second kappa shape index (κ2) is 7.76. The summed E-state index contributed by atoms with van der Waals surface area (Å²) < 4.78 is 6.45. The minimum atomic E-state index is -1.13. The van der Waals surface area contributed by atoms with Crippen molar-refractivity contribution < 1.29 is 24.2 Å². The van der Waals surface area contributed by atoms with E-state index in [0.717, 1.165) is 0 Å². The van der Waals surface area contributed by atoms with Crippen LogP contribution in [0.3, 0.4) is 0 Å². The summed E-state index contributed by atoms with van der Waals surface area (Å²) in [6.45, 7) is 3.39. The molecule has 0 aliphatic carbocycles. The molecule has 3 aliphatic rings. The number of rotatable bonds is 6. The number of halogens is 1. The van der Waals surface area contributed by atoms with E-state index in [1.807, 2.05) is 13.8 Å². The minimum Gasteiger partial charge on any atom is -0.394 e. The molecular formula is C22H28ClN3O5. The number of aliphatic hydroxyl groups excluding tert-OH is 1. The number of carbonyl (C=O) groups is 3. The van der Waals surface area contributed by atoms with Crippen LogP contribution >= 0.6 is 11.6 Å². The molecule has 168 valence electrons. The van der Waals surface area contributed by atoms with Crippen molar-refractivity contribution in [2.75, 3.05) is 19.0 Å². The highest BCUT2D eigenvalue weighted by Gasteiger charge is 2.78. The van der Waals surface area contributed by atoms with Gasteiger partial charge in [-0.05, 0) is 38.3 Å². The van der Waals surface area contributed by atoms with Crippen LogP contribution in [0.4, 0.5) is 5.69 Å². The van der Waals surface area contributed by atoms with Crippen molar-refractivity contribution in [1.82, 2.24) is 10.2 Å². The van der Waals surface area contributed by atoms with Gasteiger partial charge in [-0.3, -0.25) is 14.4 Å². The van der Waals surface area contributed by atoms with Gasteiger partial charge in [-0.15, -0.1) is 0 Å². The maximum Gasteiger partial charge on any atom is 0.250 e. The first kappa shape index (κ1) is 22.0. The summed E-state index contributed by atoms with van der Waals surface area (Å²) in [5.41, 5.74) is -1.52. The zero-order chi connectivity index (χ0) is 22.6. The highest BCUT2D eigenvalue weighted by Crippen LogP contribution is 2.63. The van der Waals surface area contributed by atoms with Crippen molar-refractivity contribution in [3.63, 3.8) is 0 Å². The Kier molecular flexibility index (Phi) is 5.52. The smallest absolute Gasteiger partial charge is 0.250 e. The molecule has 2 unspecified atom stereocenters. The lowest BCUT2D eigenvalue weighted by Gasteiger charge is -2.36. The minimum absolute atomic E-state index is 0.272. The predicted octanol–water partition coefficient (Wildman–Crippen LogP) is 1.56. The fourth-order valence-corrected chi connectivity index (χ4v) is 5.97. The maximum absolute atomic E-state index is 13.7. The third kappa shape index (κ3) is 3.07. The Morgan fingerprint density at radius 3 is 2.65 bits per heavy atom. The monoisotopic (exact) mass is 449 g/mol. The summed E-state index contributed by atoms with van der Waals surface area (Å²) >= 11 is 6.23. The Balaban J connectivity index is 1.79. The van der Waals surface area contributed by atoms with Gasteiger partial charge in [-0.1, -0.05) is 30.7 Å². The number of ether oxygens (including phenoxy) is 1. The van der Waals surface area contributed by atoms with E-state index >= 15 is 0 Å². The number of carbonyl (C=O) groups excluding carboxylic acids is 3. The number of para-hydroxylation sites is 1. The van der Waals surface area contributed by atoms with Gasteiger partial charge >= 0.3 is 0 Å². The van der Waals surface area contributed by atoms with E-state index in [9.17, 15) is 19.5 Å². The number of amides is 3. The van der Waals surface area contributed by atoms with Crippen LogP contribution in [-0.2, 0) is 19.1 Å². The number of likely N-dealkylation sites (tertiary alicyclic amines) is 1. The Morgan fingerprint density at radius 2 is 2.03 bits per heavy atom. The Labute approximate surface area is 186 Å². The van der Waals surface area contributed by atoms with E-state index < -0.39 is 41.0 Å². The fourth-order valence-electron chi connectivity index (χ4n) is 5.79. The highest BCUT2D eigenvalue weighted by atomic mass is 35.5. The Morgan fingerprint density at radius 1 is 1.32 bits per heavy atom. The average Bonchev–Trinajstić information content (AvgIpc) is 3.31. The van der Waals surface area contributed by atoms with Crippen molar-refractivity contribution in [3.05, 3.63) is 29.3 Å². The van der Waals surface area contributed by atoms with Crippen LogP contribution in [0.25, 0.3) is 0 Å². The SMILES string of the molecule is CC[C@@H](CO)N1C(=O)[C@@H]2[C@@H](C(=O)NC)[C@@]3(C)CCC2(O3)C1C(=O)Nc1ccccc1Cl. The number of hydrogen-bond acceptors (Lipinski definition) is 5. The van der Waals surface area contributed by atoms with Gasteiger partial charge < -0.3 is 25.4 Å². The molecule has 1 aromatic rings. The second-order valence-corrected chi connectivity index (χ2v) is 9.21. The van der Waals surface area contributed by atoms with E-state index in [1.54, 1.807) is 24.3 Å². The summed E-state index contributed by atoms with van der Waals surface area (Å²) in [7, 11) is 1.53. The van der Waals surface area contributed by atoms with Crippen molar-refractivity contribution in [1.29, 1.82) is 0 Å². The molecule has 2 bridgehead atoms. The molecule has 31 heavy (non-hydrogen) atoms. The Hall–Kier alpha value is -2.16. The molecule has 0 radical (unpaired) electrons. The van der Waals surface area contributed by atoms with Crippen LogP contribution in [0.1, 0.15) is 33.1 Å². The molecule has 3 saturated heterocycles. The number of nitrogens with one attached hydrogen (secondary N) is 2. The van der Waals surface area contributed by atoms with Crippen molar-refractivity contribution >= 4 is 35.0 Å². The first-order valence-electron chi connectivity index (χ1n) is 10.6. The maximum atomic E-state index is 13.7. The summed E-state index contributed by atoms with van der Waals surface area (Å²) in [4.78, 5) is 41.5. The topological polar surface area (TPSA) is 108 Å². The van der Waals surface area contributed by atoms with Crippen molar-refractivity contribution in [3.8, 4) is 0 Å². The van der Waals surface area contributed by atoms with E-state index in [2.05, 4.69) is 10.6 Å². The second-order valence-electron chi connectivity index (χ2n) is 8.80. The molecule has 0 aromatic heterocycles. The lowest BCUT2D eigenvalue weighted by atomic mass is 9.66. The van der Waals surface area contributed by atoms with Gasteiger partial charge in [0, 0.05) is 7.05 Å². The van der Waals surface area contributed by atoms with Gasteiger partial charge in [0.15, 0.2) is 0 Å². The number of hydrogen-bond donors (Lipinski definition) is 3. The van der Waals surface area contributed by atoms with Gasteiger partial charge in [0.1, 0.15) is 11.6 Å². The molecule has 8 nitrogen and oxygen atoms in total. The highest BCUT2D eigenvalue weighted by molar-refractivity contribution is 6.33. The number of anilines is 1. The van der Waals surface area contributed by atoms with Crippen molar-refractivity contribution in [2.45, 2.75) is 56.4 Å². The average molecular weight is 450 g/mol. The molecule has 0 saturated carbocycles. The van der Waals surface area contributed by atoms with Gasteiger partial charge in [0.05, 0.1) is 40.8 Å². The van der Waals surface area contributed by atoms with Gasteiger partial charge in [-0.2, -0.15) is 0 Å². The molecule has 3 heterocycles. The van der Waals surface area contributed by atoms with Crippen LogP contribution in [0.5, 0.6) is 0 Å².